The third-order valence-corrected chi connectivity index (χ3v) is 4.05. The number of thioether (sulfide) groups is 1. The lowest BCUT2D eigenvalue weighted by Gasteiger charge is -2.09. The minimum absolute atomic E-state index is 0.0602. The molecule has 0 spiro atoms. The summed E-state index contributed by atoms with van der Waals surface area (Å²) in [6, 6.07) is 11.3. The zero-order valence-corrected chi connectivity index (χ0v) is 13.0. The Morgan fingerprint density at radius 2 is 1.91 bits per heavy atom. The first-order valence-corrected chi connectivity index (χ1v) is 7.90. The van der Waals surface area contributed by atoms with Gasteiger partial charge in [-0.25, -0.2) is 0 Å². The van der Waals surface area contributed by atoms with Crippen molar-refractivity contribution in [3.63, 3.8) is 0 Å². The van der Waals surface area contributed by atoms with Crippen molar-refractivity contribution in [1.29, 1.82) is 0 Å². The molecule has 1 aliphatic rings. The number of ether oxygens (including phenoxy) is 2. The summed E-state index contributed by atoms with van der Waals surface area (Å²) >= 11 is 1.56. The molecule has 0 atom stereocenters. The molecule has 1 N–H and O–H groups in total. The van der Waals surface area contributed by atoms with Gasteiger partial charge in [0.15, 0.2) is 11.5 Å². The molecule has 0 fully saturated rings. The normalized spacial score (nSPS) is 14.6. The van der Waals surface area contributed by atoms with Gasteiger partial charge in [0.2, 0.25) is 0 Å². The van der Waals surface area contributed by atoms with Crippen LogP contribution in [0.25, 0.3) is 0 Å². The standard InChI is InChI=1S/C16H13F2NO3S/c1-2-23-14-6-4-3-5-11(14)15(20)19-10-7-8-12-13(9-10)22-16(17,18)21-12/h3-9H,2H2,1H3,(H,19,20). The highest BCUT2D eigenvalue weighted by Gasteiger charge is 2.43. The van der Waals surface area contributed by atoms with Gasteiger partial charge in [-0.15, -0.1) is 20.5 Å². The average Bonchev–Trinajstić information content (AvgIpc) is 2.81. The smallest absolute Gasteiger partial charge is 0.395 e. The van der Waals surface area contributed by atoms with Crippen molar-refractivity contribution >= 4 is 23.4 Å². The molecule has 2 aromatic rings. The maximum Gasteiger partial charge on any atom is 0.586 e. The molecule has 120 valence electrons. The monoisotopic (exact) mass is 337 g/mol. The van der Waals surface area contributed by atoms with Crippen LogP contribution in [-0.2, 0) is 0 Å². The van der Waals surface area contributed by atoms with E-state index in [1.165, 1.54) is 18.2 Å². The second kappa shape index (κ2) is 6.08. The Kier molecular flexibility index (Phi) is 4.12. The lowest BCUT2D eigenvalue weighted by Crippen LogP contribution is -2.25. The second-order valence-electron chi connectivity index (χ2n) is 4.71. The number of amides is 1. The quantitative estimate of drug-likeness (QED) is 0.842. The van der Waals surface area contributed by atoms with Crippen LogP contribution in [0.1, 0.15) is 17.3 Å². The van der Waals surface area contributed by atoms with Gasteiger partial charge in [-0.3, -0.25) is 4.79 Å². The van der Waals surface area contributed by atoms with Crippen LogP contribution in [-0.4, -0.2) is 18.0 Å². The van der Waals surface area contributed by atoms with Crippen LogP contribution >= 0.6 is 11.8 Å². The number of alkyl halides is 2. The molecule has 1 heterocycles. The lowest BCUT2D eigenvalue weighted by molar-refractivity contribution is -0.286. The van der Waals surface area contributed by atoms with E-state index in [-0.39, 0.29) is 17.4 Å². The summed E-state index contributed by atoms with van der Waals surface area (Å²) in [6.07, 6.45) is -3.67. The zero-order valence-electron chi connectivity index (χ0n) is 12.1. The molecule has 4 nitrogen and oxygen atoms in total. The summed E-state index contributed by atoms with van der Waals surface area (Å²) in [7, 11) is 0. The first kappa shape index (κ1) is 15.6. The van der Waals surface area contributed by atoms with Crippen molar-refractivity contribution in [3.05, 3.63) is 48.0 Å². The van der Waals surface area contributed by atoms with Crippen LogP contribution in [0.2, 0.25) is 0 Å². The van der Waals surface area contributed by atoms with Crippen LogP contribution in [0.3, 0.4) is 0 Å². The van der Waals surface area contributed by atoms with Crippen molar-refractivity contribution < 1.29 is 23.0 Å². The van der Waals surface area contributed by atoms with E-state index in [9.17, 15) is 13.6 Å². The number of fused-ring (bicyclic) bond motifs is 1. The van der Waals surface area contributed by atoms with Crippen LogP contribution in [0.5, 0.6) is 11.5 Å². The topological polar surface area (TPSA) is 47.6 Å². The van der Waals surface area contributed by atoms with Crippen molar-refractivity contribution in [2.75, 3.05) is 11.1 Å². The predicted octanol–water partition coefficient (Wildman–Crippen LogP) is 4.37. The first-order chi connectivity index (χ1) is 11.0. The highest BCUT2D eigenvalue weighted by molar-refractivity contribution is 7.99. The number of nitrogens with one attached hydrogen (secondary N) is 1. The Morgan fingerprint density at radius 1 is 1.17 bits per heavy atom. The number of carbonyl (C=O) groups is 1. The van der Waals surface area contributed by atoms with E-state index in [0.29, 0.717) is 11.3 Å². The van der Waals surface area contributed by atoms with Crippen LogP contribution in [0.15, 0.2) is 47.4 Å². The molecular formula is C16H13F2NO3S. The molecule has 23 heavy (non-hydrogen) atoms. The molecule has 0 saturated heterocycles. The van der Waals surface area contributed by atoms with Gasteiger partial charge in [0.05, 0.1) is 5.56 Å². The number of hydrogen-bond donors (Lipinski definition) is 1. The second-order valence-corrected chi connectivity index (χ2v) is 6.02. The molecule has 1 amide bonds. The third kappa shape index (κ3) is 3.39. The van der Waals surface area contributed by atoms with E-state index in [4.69, 9.17) is 0 Å². The molecule has 0 radical (unpaired) electrons. The molecule has 2 aromatic carbocycles. The SMILES string of the molecule is CCSc1ccccc1C(=O)Nc1ccc2c(c1)OC(F)(F)O2. The highest BCUT2D eigenvalue weighted by atomic mass is 32.2. The zero-order chi connectivity index (χ0) is 16.4. The van der Waals surface area contributed by atoms with E-state index < -0.39 is 6.29 Å². The lowest BCUT2D eigenvalue weighted by atomic mass is 10.2. The predicted molar refractivity (Wildman–Crippen MR) is 83.4 cm³/mol. The maximum atomic E-state index is 13.0. The fourth-order valence-corrected chi connectivity index (χ4v) is 2.96. The average molecular weight is 337 g/mol. The largest absolute Gasteiger partial charge is 0.586 e. The van der Waals surface area contributed by atoms with Gasteiger partial charge >= 0.3 is 6.29 Å². The van der Waals surface area contributed by atoms with Crippen LogP contribution in [0, 0.1) is 0 Å². The number of carbonyl (C=O) groups excluding carboxylic acids is 1. The maximum absolute atomic E-state index is 13.0. The van der Waals surface area contributed by atoms with E-state index in [1.54, 1.807) is 23.9 Å². The molecule has 0 unspecified atom stereocenters. The van der Waals surface area contributed by atoms with Gasteiger partial charge in [-0.1, -0.05) is 19.1 Å². The Hall–Kier alpha value is -2.28. The summed E-state index contributed by atoms with van der Waals surface area (Å²) in [4.78, 5) is 13.3. The molecule has 0 saturated carbocycles. The minimum Gasteiger partial charge on any atom is -0.395 e. The third-order valence-electron chi connectivity index (χ3n) is 3.09. The van der Waals surface area contributed by atoms with E-state index in [0.717, 1.165) is 10.6 Å². The van der Waals surface area contributed by atoms with E-state index in [1.807, 2.05) is 19.1 Å². The Morgan fingerprint density at radius 3 is 2.70 bits per heavy atom. The van der Waals surface area contributed by atoms with E-state index in [2.05, 4.69) is 14.8 Å². The summed E-state index contributed by atoms with van der Waals surface area (Å²) in [5.41, 5.74) is 0.883. The van der Waals surface area contributed by atoms with Crippen molar-refractivity contribution in [1.82, 2.24) is 0 Å². The number of anilines is 1. The first-order valence-electron chi connectivity index (χ1n) is 6.91. The van der Waals surface area contributed by atoms with Gasteiger partial charge in [0.1, 0.15) is 0 Å². The van der Waals surface area contributed by atoms with Crippen molar-refractivity contribution in [2.24, 2.45) is 0 Å². The molecule has 0 aromatic heterocycles. The number of hydrogen-bond acceptors (Lipinski definition) is 4. The fraction of sp³-hybridized carbons (Fsp3) is 0.188. The van der Waals surface area contributed by atoms with Crippen molar-refractivity contribution in [2.45, 2.75) is 18.1 Å². The molecule has 1 aliphatic heterocycles. The van der Waals surface area contributed by atoms with Crippen molar-refractivity contribution in [3.8, 4) is 11.5 Å². The minimum atomic E-state index is -3.67. The molecular weight excluding hydrogens is 324 g/mol. The van der Waals surface area contributed by atoms with Gasteiger partial charge < -0.3 is 14.8 Å². The number of benzene rings is 2. The van der Waals surface area contributed by atoms with Gasteiger partial charge in [-0.2, -0.15) is 0 Å². The summed E-state index contributed by atoms with van der Waals surface area (Å²) < 4.78 is 34.7. The fourth-order valence-electron chi connectivity index (χ4n) is 2.16. The Balaban J connectivity index is 1.80. The van der Waals surface area contributed by atoms with Gasteiger partial charge in [0, 0.05) is 16.6 Å². The Labute approximate surface area is 135 Å². The highest BCUT2D eigenvalue weighted by Crippen LogP contribution is 2.42. The summed E-state index contributed by atoms with van der Waals surface area (Å²) in [5, 5.41) is 2.68. The molecule has 0 aliphatic carbocycles. The molecule has 0 bridgehead atoms. The summed E-state index contributed by atoms with van der Waals surface area (Å²) in [5.74, 6) is 0.356. The molecule has 3 rings (SSSR count). The van der Waals surface area contributed by atoms with Gasteiger partial charge in [0.25, 0.3) is 5.91 Å². The van der Waals surface area contributed by atoms with Crippen LogP contribution < -0.4 is 14.8 Å². The summed E-state index contributed by atoms with van der Waals surface area (Å²) in [6.45, 7) is 2.00. The van der Waals surface area contributed by atoms with Gasteiger partial charge in [-0.05, 0) is 30.0 Å². The molecule has 7 heteroatoms. The number of halogens is 2. The Bertz CT molecular complexity index is 752. The number of rotatable bonds is 4. The van der Waals surface area contributed by atoms with E-state index >= 15 is 0 Å². The van der Waals surface area contributed by atoms with Crippen LogP contribution in [0.4, 0.5) is 14.5 Å².